The molecule has 4 rings (SSSR count). The van der Waals surface area contributed by atoms with Gasteiger partial charge in [-0.1, -0.05) is 57.5 Å². The van der Waals surface area contributed by atoms with Crippen LogP contribution in [0.2, 0.25) is 0 Å². The van der Waals surface area contributed by atoms with Gasteiger partial charge in [0.05, 0.1) is 23.8 Å². The Kier molecular flexibility index (Phi) is 12.6. The van der Waals surface area contributed by atoms with Crippen molar-refractivity contribution >= 4 is 21.6 Å². The highest BCUT2D eigenvalue weighted by Crippen LogP contribution is 2.27. The Morgan fingerprint density at radius 2 is 1.62 bits per heavy atom. The van der Waals surface area contributed by atoms with Crippen molar-refractivity contribution in [1.29, 1.82) is 0 Å². The monoisotopic (exact) mass is 659 g/mol. The summed E-state index contributed by atoms with van der Waals surface area (Å²) in [7, 11) is -2.46. The number of nitrogens with one attached hydrogen (secondary N) is 1. The fraction of sp³-hybridized carbons (Fsp3) is 0.378. The van der Waals surface area contributed by atoms with Gasteiger partial charge in [0.2, 0.25) is 10.0 Å². The van der Waals surface area contributed by atoms with E-state index in [1.165, 1.54) is 23.5 Å². The molecule has 0 bridgehead atoms. The van der Waals surface area contributed by atoms with Gasteiger partial charge in [0, 0.05) is 48.8 Å². The van der Waals surface area contributed by atoms with Crippen LogP contribution in [0.1, 0.15) is 72.7 Å². The first kappa shape index (κ1) is 35.7. The number of sulfonamides is 1. The second kappa shape index (κ2) is 16.6. The Morgan fingerprint density at radius 1 is 0.936 bits per heavy atom. The second-order valence-corrected chi connectivity index (χ2v) is 14.3. The Labute approximate surface area is 278 Å². The minimum absolute atomic E-state index is 0.0154. The first-order valence-electron chi connectivity index (χ1n) is 16.1. The maximum Gasteiger partial charge on any atom is 0.243 e. The number of rotatable bonds is 18. The Hall–Kier alpha value is -4.12. The number of ether oxygens (including phenoxy) is 1. The minimum Gasteiger partial charge on any atom is -0.497 e. The number of benzene rings is 3. The number of Topliss-reactive ketones (excluding diaryl/α,β-unsaturated/α-hetero) is 2. The van der Waals surface area contributed by atoms with Gasteiger partial charge >= 0.3 is 0 Å². The molecule has 1 aromatic heterocycles. The third-order valence-corrected chi connectivity index (χ3v) is 9.98. The lowest BCUT2D eigenvalue weighted by Gasteiger charge is -2.30. The lowest BCUT2D eigenvalue weighted by Crippen LogP contribution is -2.43. The summed E-state index contributed by atoms with van der Waals surface area (Å²) >= 11 is 0. The summed E-state index contributed by atoms with van der Waals surface area (Å²) in [6.45, 7) is 5.85. The molecular formula is C37H45N3O6S. The van der Waals surface area contributed by atoms with Gasteiger partial charge in [-0.05, 0) is 78.8 Å². The van der Waals surface area contributed by atoms with Crippen LogP contribution in [0.25, 0.3) is 11.3 Å². The van der Waals surface area contributed by atoms with Crippen molar-refractivity contribution < 1.29 is 27.9 Å². The molecule has 2 atom stereocenters. The molecule has 0 unspecified atom stereocenters. The molecule has 1 heterocycles. The molecule has 0 saturated carbocycles. The van der Waals surface area contributed by atoms with Crippen molar-refractivity contribution in [3.63, 3.8) is 0 Å². The van der Waals surface area contributed by atoms with Gasteiger partial charge < -0.3 is 9.84 Å². The van der Waals surface area contributed by atoms with Gasteiger partial charge in [0.1, 0.15) is 5.75 Å². The molecule has 0 aliphatic heterocycles. The van der Waals surface area contributed by atoms with E-state index >= 15 is 0 Å². The Balaban J connectivity index is 1.66. The smallest absolute Gasteiger partial charge is 0.243 e. The molecule has 47 heavy (non-hydrogen) atoms. The van der Waals surface area contributed by atoms with E-state index in [4.69, 9.17) is 4.74 Å². The number of aliphatic hydroxyl groups is 1. The van der Waals surface area contributed by atoms with Gasteiger partial charge in [-0.3, -0.25) is 14.7 Å². The van der Waals surface area contributed by atoms with Gasteiger partial charge in [0.25, 0.3) is 0 Å². The van der Waals surface area contributed by atoms with Crippen LogP contribution in [-0.2, 0) is 16.4 Å². The molecule has 0 amide bonds. The molecule has 0 aliphatic carbocycles. The lowest BCUT2D eigenvalue weighted by atomic mass is 9.86. The Morgan fingerprint density at radius 3 is 2.21 bits per heavy atom. The van der Waals surface area contributed by atoms with E-state index in [-0.39, 0.29) is 41.9 Å². The van der Waals surface area contributed by atoms with Crippen LogP contribution in [0.15, 0.2) is 90.0 Å². The molecule has 250 valence electrons. The minimum atomic E-state index is -3.97. The van der Waals surface area contributed by atoms with Gasteiger partial charge in [-0.25, -0.2) is 8.42 Å². The number of aliphatic hydroxyl groups excluding tert-OH is 1. The zero-order chi connectivity index (χ0) is 34.0. The lowest BCUT2D eigenvalue weighted by molar-refractivity contribution is 0.0689. The van der Waals surface area contributed by atoms with E-state index in [1.807, 2.05) is 51.1 Å². The number of hydrogen-bond acceptors (Lipinski definition) is 7. The predicted octanol–water partition coefficient (Wildman–Crippen LogP) is 6.60. The van der Waals surface area contributed by atoms with Crippen molar-refractivity contribution in [3.8, 4) is 17.0 Å². The zero-order valence-electron chi connectivity index (χ0n) is 27.6. The summed E-state index contributed by atoms with van der Waals surface area (Å²) < 4.78 is 34.1. The van der Waals surface area contributed by atoms with Crippen molar-refractivity contribution in [3.05, 3.63) is 102 Å². The quantitative estimate of drug-likeness (QED) is 0.115. The van der Waals surface area contributed by atoms with Gasteiger partial charge in [0.15, 0.2) is 11.6 Å². The fourth-order valence-corrected chi connectivity index (χ4v) is 7.17. The molecule has 0 spiro atoms. The molecule has 3 aromatic carbocycles. The molecule has 0 saturated heterocycles. The van der Waals surface area contributed by atoms with E-state index in [0.717, 1.165) is 18.4 Å². The molecule has 2 N–H and O–H groups in total. The molecule has 0 fully saturated rings. The summed E-state index contributed by atoms with van der Waals surface area (Å²) in [5, 5.41) is 18.7. The van der Waals surface area contributed by atoms with Crippen LogP contribution in [0.3, 0.4) is 0 Å². The highest BCUT2D eigenvalue weighted by Gasteiger charge is 2.32. The SMILES string of the molecule is CCCCC(=O)c1cc(C(=O)C[C@@H](Cc2ccccc2)[C@H](O)CN(CC(C)C)S(=O)(=O)c2ccc(OC)cc2)cc(-c2ccn[nH]2)c1. The molecular weight excluding hydrogens is 614 g/mol. The summed E-state index contributed by atoms with van der Waals surface area (Å²) in [6, 6.07) is 22.6. The number of carbonyl (C=O) groups is 2. The largest absolute Gasteiger partial charge is 0.497 e. The van der Waals surface area contributed by atoms with Crippen LogP contribution in [0, 0.1) is 11.8 Å². The molecule has 4 aromatic rings. The van der Waals surface area contributed by atoms with E-state index in [2.05, 4.69) is 10.2 Å². The van der Waals surface area contributed by atoms with Gasteiger partial charge in [-0.15, -0.1) is 0 Å². The number of methoxy groups -OCH3 is 1. The summed E-state index contributed by atoms with van der Waals surface area (Å²) in [5.74, 6) is -0.382. The first-order chi connectivity index (χ1) is 22.5. The molecule has 10 heteroatoms. The number of aromatic nitrogens is 2. The summed E-state index contributed by atoms with van der Waals surface area (Å²) in [6.07, 6.45) is 2.75. The van der Waals surface area contributed by atoms with Crippen LogP contribution >= 0.6 is 0 Å². The topological polar surface area (TPSA) is 130 Å². The average molecular weight is 660 g/mol. The third kappa shape index (κ3) is 9.70. The van der Waals surface area contributed by atoms with Crippen molar-refractivity contribution in [2.24, 2.45) is 11.8 Å². The normalized spacial score (nSPS) is 13.1. The number of nitrogens with zero attached hydrogens (tertiary/aromatic N) is 2. The summed E-state index contributed by atoms with van der Waals surface area (Å²) in [4.78, 5) is 27.2. The van der Waals surface area contributed by atoms with E-state index in [0.29, 0.717) is 41.0 Å². The van der Waals surface area contributed by atoms with Crippen molar-refractivity contribution in [1.82, 2.24) is 14.5 Å². The molecule has 0 aliphatic rings. The van der Waals surface area contributed by atoms with Crippen LogP contribution < -0.4 is 4.74 Å². The maximum atomic E-state index is 14.0. The standard InChI is InChI=1S/C37H45N3O6S/c1-5-6-12-35(41)30-20-28(34-17-18-38-39-34)21-31(22-30)36(42)23-29(19-27-10-8-7-9-11-27)37(43)25-40(24-26(2)3)47(44,45)33-15-13-32(46-4)14-16-33/h7-11,13-18,20-22,26,29,37,43H,5-6,12,19,23-25H2,1-4H3,(H,38,39)/t29-,37-/m1/s1. The second-order valence-electron chi connectivity index (χ2n) is 12.3. The maximum absolute atomic E-state index is 14.0. The summed E-state index contributed by atoms with van der Waals surface area (Å²) in [5.41, 5.74) is 3.06. The predicted molar refractivity (Wildman–Crippen MR) is 183 cm³/mol. The highest BCUT2D eigenvalue weighted by molar-refractivity contribution is 7.89. The van der Waals surface area contributed by atoms with Crippen LogP contribution in [0.4, 0.5) is 0 Å². The number of hydrogen-bond donors (Lipinski definition) is 2. The number of unbranched alkanes of at least 4 members (excludes halogenated alkanes) is 1. The molecule has 0 radical (unpaired) electrons. The Bertz CT molecular complexity index is 1700. The number of aromatic amines is 1. The van der Waals surface area contributed by atoms with E-state index in [1.54, 1.807) is 42.6 Å². The molecule has 9 nitrogen and oxygen atoms in total. The zero-order valence-corrected chi connectivity index (χ0v) is 28.4. The third-order valence-electron chi connectivity index (χ3n) is 8.14. The van der Waals surface area contributed by atoms with Crippen LogP contribution in [0.5, 0.6) is 5.75 Å². The van der Waals surface area contributed by atoms with Crippen LogP contribution in [-0.4, -0.2) is 65.9 Å². The first-order valence-corrected chi connectivity index (χ1v) is 17.5. The number of H-pyrrole nitrogens is 1. The van der Waals surface area contributed by atoms with Crippen molar-refractivity contribution in [2.75, 3.05) is 20.2 Å². The van der Waals surface area contributed by atoms with Gasteiger partial charge in [-0.2, -0.15) is 9.40 Å². The highest BCUT2D eigenvalue weighted by atomic mass is 32.2. The van der Waals surface area contributed by atoms with Crippen molar-refractivity contribution in [2.45, 2.75) is 63.9 Å². The van der Waals surface area contributed by atoms with E-state index < -0.39 is 22.0 Å². The average Bonchev–Trinajstić information content (AvgIpc) is 3.62. The fourth-order valence-electron chi connectivity index (χ4n) is 5.55. The number of carbonyl (C=O) groups excluding carboxylic acids is 2. The van der Waals surface area contributed by atoms with E-state index in [9.17, 15) is 23.1 Å². The number of ketones is 2.